The topological polar surface area (TPSA) is 85.6 Å². The first-order chi connectivity index (χ1) is 20.0. The fourth-order valence-corrected chi connectivity index (χ4v) is 5.83. The molecule has 4 heterocycles. The van der Waals surface area contributed by atoms with E-state index in [0.717, 1.165) is 17.8 Å². The zero-order valence-electron chi connectivity index (χ0n) is 24.5. The standard InChI is InChI=1S/C29H37F3N6O3Si/c1-19(39)37-12-9-24-25(17-37)34-27(22-16-33-38(28(22)32)18-40-13-14-42(2,3)4)29(35-24)36-10-7-21(8-11-36)41-26-6-5-20(30)15-23(26)31/h5-6,15-16,21H,7-14,17-18H2,1-4H3. The number of piperidine rings is 1. The van der Waals surface area contributed by atoms with Crippen LogP contribution in [0.25, 0.3) is 11.3 Å². The molecule has 1 amide bonds. The number of rotatable bonds is 9. The number of halogens is 3. The van der Waals surface area contributed by atoms with Crippen molar-refractivity contribution in [1.82, 2.24) is 24.6 Å². The second-order valence-corrected chi connectivity index (χ2v) is 17.7. The van der Waals surface area contributed by atoms with E-state index >= 15 is 4.39 Å². The van der Waals surface area contributed by atoms with Gasteiger partial charge in [-0.1, -0.05) is 19.6 Å². The van der Waals surface area contributed by atoms with Crippen LogP contribution in [0.2, 0.25) is 25.7 Å². The van der Waals surface area contributed by atoms with Crippen molar-refractivity contribution in [2.24, 2.45) is 0 Å². The van der Waals surface area contributed by atoms with Gasteiger partial charge in [0.05, 0.1) is 29.7 Å². The zero-order valence-corrected chi connectivity index (χ0v) is 25.5. The highest BCUT2D eigenvalue weighted by Crippen LogP contribution is 2.34. The van der Waals surface area contributed by atoms with Gasteiger partial charge >= 0.3 is 0 Å². The molecule has 0 N–H and O–H groups in total. The highest BCUT2D eigenvalue weighted by atomic mass is 28.3. The van der Waals surface area contributed by atoms with E-state index in [2.05, 4.69) is 24.7 Å². The van der Waals surface area contributed by atoms with Crippen LogP contribution < -0.4 is 9.64 Å². The van der Waals surface area contributed by atoms with Gasteiger partial charge in [-0.05, 0) is 18.2 Å². The number of fused-ring (bicyclic) bond motifs is 1. The van der Waals surface area contributed by atoms with Crippen LogP contribution in [0.3, 0.4) is 0 Å². The number of carbonyl (C=O) groups is 1. The lowest BCUT2D eigenvalue weighted by atomic mass is 10.1. The molecule has 2 aliphatic rings. The summed E-state index contributed by atoms with van der Waals surface area (Å²) in [5.74, 6) is -1.47. The van der Waals surface area contributed by atoms with Crippen molar-refractivity contribution in [2.45, 2.75) is 71.3 Å². The molecule has 13 heteroatoms. The lowest BCUT2D eigenvalue weighted by Gasteiger charge is -2.35. The number of carbonyl (C=O) groups excluding carboxylic acids is 1. The summed E-state index contributed by atoms with van der Waals surface area (Å²) in [6.07, 6.45) is 2.83. The van der Waals surface area contributed by atoms with Crippen molar-refractivity contribution >= 4 is 19.8 Å². The highest BCUT2D eigenvalue weighted by molar-refractivity contribution is 6.76. The molecular weight excluding hydrogens is 565 g/mol. The quantitative estimate of drug-likeness (QED) is 0.251. The molecular formula is C29H37F3N6O3Si. The van der Waals surface area contributed by atoms with Crippen LogP contribution in [0.5, 0.6) is 5.75 Å². The molecule has 5 rings (SSSR count). The monoisotopic (exact) mass is 602 g/mol. The van der Waals surface area contributed by atoms with Gasteiger partial charge in [-0.25, -0.2) is 23.4 Å². The number of benzene rings is 1. The average molecular weight is 603 g/mol. The third kappa shape index (κ3) is 6.94. The van der Waals surface area contributed by atoms with Crippen LogP contribution in [-0.4, -0.2) is 71.0 Å². The smallest absolute Gasteiger partial charge is 0.223 e. The molecule has 0 atom stereocenters. The van der Waals surface area contributed by atoms with Crippen LogP contribution in [-0.2, 0) is 29.2 Å². The van der Waals surface area contributed by atoms with Gasteiger partial charge in [0.15, 0.2) is 17.4 Å². The van der Waals surface area contributed by atoms with Gasteiger partial charge in [0, 0.05) is 66.6 Å². The van der Waals surface area contributed by atoms with Crippen molar-refractivity contribution in [2.75, 3.05) is 31.1 Å². The first-order valence-corrected chi connectivity index (χ1v) is 18.0. The van der Waals surface area contributed by atoms with E-state index in [1.807, 2.05) is 4.90 Å². The number of amides is 1. The first-order valence-electron chi connectivity index (χ1n) is 14.3. The maximum atomic E-state index is 15.7. The largest absolute Gasteiger partial charge is 0.487 e. The van der Waals surface area contributed by atoms with Gasteiger partial charge in [0.1, 0.15) is 24.3 Å². The molecule has 226 valence electrons. The maximum Gasteiger partial charge on any atom is 0.223 e. The zero-order chi connectivity index (χ0) is 30.0. The number of aromatic nitrogens is 4. The van der Waals surface area contributed by atoms with E-state index in [4.69, 9.17) is 19.4 Å². The van der Waals surface area contributed by atoms with E-state index in [-0.39, 0.29) is 30.1 Å². The first kappa shape index (κ1) is 30.0. The van der Waals surface area contributed by atoms with Crippen molar-refractivity contribution in [3.05, 3.63) is 53.4 Å². The summed E-state index contributed by atoms with van der Waals surface area (Å²) in [6, 6.07) is 4.23. The second-order valence-electron chi connectivity index (χ2n) is 12.1. The van der Waals surface area contributed by atoms with Gasteiger partial charge in [0.2, 0.25) is 11.9 Å². The summed E-state index contributed by atoms with van der Waals surface area (Å²) < 4.78 is 55.9. The Hall–Kier alpha value is -3.45. The summed E-state index contributed by atoms with van der Waals surface area (Å²) in [5, 5.41) is 4.24. The SMILES string of the molecule is CC(=O)N1CCc2nc(N3CCC(Oc4ccc(F)cc4F)CC3)c(-c3cnn(COCC[Si](C)(C)C)c3F)nc2C1. The van der Waals surface area contributed by atoms with Crippen LogP contribution in [0.4, 0.5) is 19.0 Å². The number of hydrogen-bond acceptors (Lipinski definition) is 7. The molecule has 3 aromatic rings. The Balaban J connectivity index is 1.38. The van der Waals surface area contributed by atoms with Gasteiger partial charge < -0.3 is 19.3 Å². The predicted molar refractivity (Wildman–Crippen MR) is 154 cm³/mol. The van der Waals surface area contributed by atoms with Crippen LogP contribution >= 0.6 is 0 Å². The van der Waals surface area contributed by atoms with Gasteiger partial charge in [-0.15, -0.1) is 0 Å². The van der Waals surface area contributed by atoms with Crippen LogP contribution in [0.15, 0.2) is 24.4 Å². The summed E-state index contributed by atoms with van der Waals surface area (Å²) >= 11 is 0. The fraction of sp³-hybridized carbons (Fsp3) is 0.517. The van der Waals surface area contributed by atoms with Gasteiger partial charge in [0.25, 0.3) is 0 Å². The molecule has 0 spiro atoms. The minimum Gasteiger partial charge on any atom is -0.487 e. The van der Waals surface area contributed by atoms with Crippen molar-refractivity contribution < 1.29 is 27.4 Å². The van der Waals surface area contributed by atoms with Crippen molar-refractivity contribution in [3.63, 3.8) is 0 Å². The molecule has 0 bridgehead atoms. The third-order valence-electron chi connectivity index (χ3n) is 7.61. The Labute approximate surface area is 244 Å². The van der Waals surface area contributed by atoms with Gasteiger partial charge in [-0.2, -0.15) is 9.49 Å². The molecule has 0 unspecified atom stereocenters. The number of anilines is 1. The molecule has 9 nitrogen and oxygen atoms in total. The molecule has 1 saturated heterocycles. The summed E-state index contributed by atoms with van der Waals surface area (Å²) in [5.41, 5.74) is 1.98. The third-order valence-corrected chi connectivity index (χ3v) is 9.31. The highest BCUT2D eigenvalue weighted by Gasteiger charge is 2.30. The lowest BCUT2D eigenvalue weighted by molar-refractivity contribution is -0.129. The molecule has 2 aromatic heterocycles. The van der Waals surface area contributed by atoms with Crippen molar-refractivity contribution in [3.8, 4) is 17.0 Å². The number of ether oxygens (including phenoxy) is 2. The molecule has 0 aliphatic carbocycles. The molecule has 1 aromatic carbocycles. The molecule has 0 saturated carbocycles. The summed E-state index contributed by atoms with van der Waals surface area (Å²) in [7, 11) is -1.29. The Kier molecular flexibility index (Phi) is 8.88. The minimum absolute atomic E-state index is 0.00912. The van der Waals surface area contributed by atoms with E-state index in [9.17, 15) is 13.6 Å². The Morgan fingerprint density at radius 1 is 1.07 bits per heavy atom. The Bertz CT molecular complexity index is 1440. The summed E-state index contributed by atoms with van der Waals surface area (Å²) in [4.78, 5) is 25.6. The van der Waals surface area contributed by atoms with Crippen LogP contribution in [0.1, 0.15) is 31.2 Å². The average Bonchev–Trinajstić information content (AvgIpc) is 3.31. The molecule has 1 fully saturated rings. The predicted octanol–water partition coefficient (Wildman–Crippen LogP) is 5.02. The number of nitrogens with zero attached hydrogens (tertiary/aromatic N) is 6. The van der Waals surface area contributed by atoms with E-state index < -0.39 is 25.7 Å². The fourth-order valence-electron chi connectivity index (χ4n) is 5.08. The molecule has 0 radical (unpaired) electrons. The van der Waals surface area contributed by atoms with E-state index in [1.165, 1.54) is 29.9 Å². The maximum absolute atomic E-state index is 15.7. The number of hydrogen-bond donors (Lipinski definition) is 0. The second kappa shape index (κ2) is 12.4. The molecule has 42 heavy (non-hydrogen) atoms. The Morgan fingerprint density at radius 3 is 2.52 bits per heavy atom. The van der Waals surface area contributed by atoms with Gasteiger partial charge in [-0.3, -0.25) is 4.79 Å². The minimum atomic E-state index is -1.29. The van der Waals surface area contributed by atoms with Crippen LogP contribution in [0, 0.1) is 17.6 Å². The lowest BCUT2D eigenvalue weighted by Crippen LogP contribution is -2.40. The van der Waals surface area contributed by atoms with Crippen molar-refractivity contribution in [1.29, 1.82) is 0 Å². The van der Waals surface area contributed by atoms with E-state index in [1.54, 1.807) is 4.90 Å². The summed E-state index contributed by atoms with van der Waals surface area (Å²) in [6.45, 7) is 10.7. The molecule has 2 aliphatic heterocycles. The van der Waals surface area contributed by atoms with E-state index in [0.29, 0.717) is 69.3 Å². The Morgan fingerprint density at radius 2 is 1.83 bits per heavy atom. The normalized spacial score (nSPS) is 16.1.